The van der Waals surface area contributed by atoms with Gasteiger partial charge in [0, 0.05) is 30.0 Å². The molecule has 28 heavy (non-hydrogen) atoms. The summed E-state index contributed by atoms with van der Waals surface area (Å²) in [5.41, 5.74) is 2.32. The molecule has 0 aliphatic carbocycles. The van der Waals surface area contributed by atoms with Crippen molar-refractivity contribution in [3.05, 3.63) is 58.8 Å². The summed E-state index contributed by atoms with van der Waals surface area (Å²) in [4.78, 5) is 31.6. The van der Waals surface area contributed by atoms with E-state index in [9.17, 15) is 9.59 Å². The van der Waals surface area contributed by atoms with Crippen molar-refractivity contribution in [3.8, 4) is 5.69 Å². The Balaban J connectivity index is 1.43. The third kappa shape index (κ3) is 3.96. The van der Waals surface area contributed by atoms with Gasteiger partial charge in [-0.3, -0.25) is 9.59 Å². The average molecular weight is 395 g/mol. The normalized spacial score (nSPS) is 16.3. The van der Waals surface area contributed by atoms with Crippen LogP contribution in [0.4, 0.5) is 5.69 Å². The average Bonchev–Trinajstić information content (AvgIpc) is 3.44. The molecule has 1 saturated heterocycles. The fourth-order valence-electron chi connectivity index (χ4n) is 3.46. The van der Waals surface area contributed by atoms with E-state index in [2.05, 4.69) is 15.4 Å². The molecule has 144 valence electrons. The number of anilines is 1. The van der Waals surface area contributed by atoms with Crippen molar-refractivity contribution in [2.24, 2.45) is 0 Å². The Morgan fingerprint density at radius 3 is 2.96 bits per heavy atom. The fraction of sp³-hybridized carbons (Fsp3) is 0.300. The molecule has 2 aromatic heterocycles. The van der Waals surface area contributed by atoms with Gasteiger partial charge in [0.05, 0.1) is 22.8 Å². The Hall–Kier alpha value is -3.00. The molecule has 1 unspecified atom stereocenters. The van der Waals surface area contributed by atoms with Gasteiger partial charge in [-0.1, -0.05) is 6.07 Å². The topological polar surface area (TPSA) is 80.1 Å². The summed E-state index contributed by atoms with van der Waals surface area (Å²) in [7, 11) is 0. The van der Waals surface area contributed by atoms with Gasteiger partial charge in [-0.15, -0.1) is 11.3 Å². The zero-order valence-corrected chi connectivity index (χ0v) is 16.4. The van der Waals surface area contributed by atoms with Crippen LogP contribution in [-0.2, 0) is 16.0 Å². The van der Waals surface area contributed by atoms with Gasteiger partial charge in [-0.25, -0.2) is 9.67 Å². The Bertz CT molecular complexity index is 982. The van der Waals surface area contributed by atoms with Gasteiger partial charge in [-0.2, -0.15) is 5.10 Å². The van der Waals surface area contributed by atoms with Crippen molar-refractivity contribution in [2.75, 3.05) is 11.9 Å². The lowest BCUT2D eigenvalue weighted by atomic mass is 10.2. The van der Waals surface area contributed by atoms with Crippen molar-refractivity contribution in [2.45, 2.75) is 32.2 Å². The predicted octanol–water partition coefficient (Wildman–Crippen LogP) is 2.81. The van der Waals surface area contributed by atoms with Crippen LogP contribution in [0.5, 0.6) is 0 Å². The van der Waals surface area contributed by atoms with Crippen molar-refractivity contribution in [3.63, 3.8) is 0 Å². The van der Waals surface area contributed by atoms with Crippen LogP contribution < -0.4 is 5.32 Å². The second-order valence-electron chi connectivity index (χ2n) is 6.77. The van der Waals surface area contributed by atoms with Crippen LogP contribution in [-0.4, -0.2) is 44.1 Å². The number of benzene rings is 1. The molecule has 3 aromatic rings. The molecule has 0 spiro atoms. The van der Waals surface area contributed by atoms with Gasteiger partial charge in [0.15, 0.2) is 0 Å². The van der Waals surface area contributed by atoms with Crippen molar-refractivity contribution >= 4 is 28.8 Å². The molecule has 3 heterocycles. The van der Waals surface area contributed by atoms with E-state index >= 15 is 0 Å². The number of nitrogens with one attached hydrogen (secondary N) is 1. The number of hydrogen-bond acceptors (Lipinski definition) is 5. The van der Waals surface area contributed by atoms with Gasteiger partial charge in [0.25, 0.3) is 0 Å². The zero-order chi connectivity index (χ0) is 19.5. The number of thiazole rings is 1. The minimum absolute atomic E-state index is 0.0479. The number of nitrogens with zero attached hydrogens (tertiary/aromatic N) is 4. The largest absolute Gasteiger partial charge is 0.330 e. The number of hydrogen-bond donors (Lipinski definition) is 1. The molecule has 0 saturated carbocycles. The molecule has 0 bridgehead atoms. The third-order valence-corrected chi connectivity index (χ3v) is 5.58. The van der Waals surface area contributed by atoms with E-state index in [0.29, 0.717) is 18.7 Å². The van der Waals surface area contributed by atoms with Gasteiger partial charge >= 0.3 is 0 Å². The van der Waals surface area contributed by atoms with Crippen LogP contribution in [0, 0.1) is 6.92 Å². The molecule has 1 aliphatic rings. The van der Waals surface area contributed by atoms with E-state index in [0.717, 1.165) is 22.8 Å². The summed E-state index contributed by atoms with van der Waals surface area (Å²) < 4.78 is 1.73. The molecule has 1 atom stereocenters. The summed E-state index contributed by atoms with van der Waals surface area (Å²) in [6.07, 6.45) is 5.29. The molecular formula is C20H21N5O2S. The number of rotatable bonds is 5. The first kappa shape index (κ1) is 18.4. The van der Waals surface area contributed by atoms with E-state index in [1.807, 2.05) is 48.8 Å². The Morgan fingerprint density at radius 2 is 2.21 bits per heavy atom. The van der Waals surface area contributed by atoms with Crippen LogP contribution >= 0.6 is 11.3 Å². The molecule has 8 heteroatoms. The standard InChI is InChI=1S/C20H21N5O2S/c1-14-22-16(13-28-14)12-19(26)24-9-3-7-18(24)20(27)23-15-5-2-6-17(11-15)25-10-4-8-21-25/h2,4-6,8,10-11,13,18H,3,7,9,12H2,1H3,(H,23,27). The van der Waals surface area contributed by atoms with Crippen LogP contribution in [0.3, 0.4) is 0 Å². The maximum Gasteiger partial charge on any atom is 0.247 e. The van der Waals surface area contributed by atoms with Gasteiger partial charge in [0.1, 0.15) is 6.04 Å². The van der Waals surface area contributed by atoms with Gasteiger partial charge in [-0.05, 0) is 44.0 Å². The molecule has 1 aliphatic heterocycles. The minimum Gasteiger partial charge on any atom is -0.330 e. The second-order valence-corrected chi connectivity index (χ2v) is 7.83. The number of amides is 2. The van der Waals surface area contributed by atoms with E-state index in [1.54, 1.807) is 15.8 Å². The lowest BCUT2D eigenvalue weighted by Crippen LogP contribution is -2.43. The van der Waals surface area contributed by atoms with Gasteiger partial charge < -0.3 is 10.2 Å². The lowest BCUT2D eigenvalue weighted by Gasteiger charge is -2.24. The first-order chi connectivity index (χ1) is 13.6. The van der Waals surface area contributed by atoms with E-state index in [4.69, 9.17) is 0 Å². The van der Waals surface area contributed by atoms with E-state index in [-0.39, 0.29) is 18.2 Å². The van der Waals surface area contributed by atoms with Crippen molar-refractivity contribution in [1.82, 2.24) is 19.7 Å². The Morgan fingerprint density at radius 1 is 1.32 bits per heavy atom. The van der Waals surface area contributed by atoms with Crippen LogP contribution in [0.15, 0.2) is 48.1 Å². The fourth-order valence-corrected chi connectivity index (χ4v) is 4.07. The summed E-state index contributed by atoms with van der Waals surface area (Å²) in [5.74, 6) is -0.203. The molecule has 4 rings (SSSR count). The Labute approximate surface area is 167 Å². The predicted molar refractivity (Wildman–Crippen MR) is 107 cm³/mol. The number of likely N-dealkylation sites (tertiary alicyclic amines) is 1. The number of aromatic nitrogens is 3. The molecule has 1 fully saturated rings. The summed E-state index contributed by atoms with van der Waals surface area (Å²) in [5, 5.41) is 10.0. The smallest absolute Gasteiger partial charge is 0.247 e. The first-order valence-corrected chi connectivity index (χ1v) is 10.1. The molecular weight excluding hydrogens is 374 g/mol. The molecule has 1 aromatic carbocycles. The van der Waals surface area contributed by atoms with Crippen LogP contribution in [0.25, 0.3) is 5.69 Å². The number of aryl methyl sites for hydroxylation is 1. The number of carbonyl (C=O) groups is 2. The maximum atomic E-state index is 12.8. The van der Waals surface area contributed by atoms with Crippen molar-refractivity contribution < 1.29 is 9.59 Å². The number of carbonyl (C=O) groups excluding carboxylic acids is 2. The summed E-state index contributed by atoms with van der Waals surface area (Å²) in [6, 6.07) is 8.89. The highest BCUT2D eigenvalue weighted by Gasteiger charge is 2.34. The van der Waals surface area contributed by atoms with E-state index in [1.165, 1.54) is 11.3 Å². The minimum atomic E-state index is -0.444. The summed E-state index contributed by atoms with van der Waals surface area (Å²) in [6.45, 7) is 2.52. The van der Waals surface area contributed by atoms with E-state index < -0.39 is 6.04 Å². The molecule has 7 nitrogen and oxygen atoms in total. The lowest BCUT2D eigenvalue weighted by molar-refractivity contribution is -0.136. The quantitative estimate of drug-likeness (QED) is 0.720. The zero-order valence-electron chi connectivity index (χ0n) is 15.5. The molecule has 0 radical (unpaired) electrons. The first-order valence-electron chi connectivity index (χ1n) is 9.21. The highest BCUT2D eigenvalue weighted by molar-refractivity contribution is 7.09. The van der Waals surface area contributed by atoms with Crippen molar-refractivity contribution in [1.29, 1.82) is 0 Å². The SMILES string of the molecule is Cc1nc(CC(=O)N2CCCC2C(=O)Nc2cccc(-n3cccn3)c2)cs1. The maximum absolute atomic E-state index is 12.8. The second kappa shape index (κ2) is 7.93. The Kier molecular flexibility index (Phi) is 5.21. The van der Waals surface area contributed by atoms with Crippen LogP contribution in [0.2, 0.25) is 0 Å². The highest BCUT2D eigenvalue weighted by atomic mass is 32.1. The third-order valence-electron chi connectivity index (χ3n) is 4.76. The van der Waals surface area contributed by atoms with Gasteiger partial charge in [0.2, 0.25) is 11.8 Å². The molecule has 2 amide bonds. The van der Waals surface area contributed by atoms with Crippen LogP contribution in [0.1, 0.15) is 23.5 Å². The molecule has 1 N–H and O–H groups in total. The monoisotopic (exact) mass is 395 g/mol. The summed E-state index contributed by atoms with van der Waals surface area (Å²) >= 11 is 1.53. The highest BCUT2D eigenvalue weighted by Crippen LogP contribution is 2.22.